The van der Waals surface area contributed by atoms with E-state index in [2.05, 4.69) is 57.2 Å². The van der Waals surface area contributed by atoms with E-state index in [-0.39, 0.29) is 246 Å². The number of nitrogens with one attached hydrogen (secondary N) is 9. The zero-order chi connectivity index (χ0) is 108. The average Bonchev–Trinajstić information content (AvgIpc) is 1.66. The molecule has 16 N–H and O–H groups in total. The number of aliphatic hydroxyl groups excluding tert-OH is 1. The number of Topliss-reactive ketones (excluding diaryl/α,β-unsaturated/α-hetero) is 5. The Morgan fingerprint density at radius 1 is 0.520 bits per heavy atom. The van der Waals surface area contributed by atoms with Crippen molar-refractivity contribution in [3.8, 4) is 5.75 Å². The molecule has 1 unspecified atom stereocenters. The molecular weight excluding hydrogens is 2100 g/mol. The van der Waals surface area contributed by atoms with E-state index in [0.717, 1.165) is 43.3 Å². The van der Waals surface area contributed by atoms with Crippen LogP contribution in [-0.2, 0) is 159 Å². The minimum absolute atomic E-state index is 0. The molecule has 4 fully saturated rings. The van der Waals surface area contributed by atoms with E-state index in [1.807, 2.05) is 63.8 Å². The normalized spacial score (nSPS) is 20.5. The summed E-state index contributed by atoms with van der Waals surface area (Å²) in [4.78, 5) is 268. The Kier molecular flexibility index (Phi) is 55.8. The standard InChI is InChI=1S/C62H83ClN10O17S2.C40H62N8O8.2Cu/c1-4-50(75)47-33-91-92-34-48(62(90)73-29-43(74)26-49(73)54(79)25-40(19-38-10-11-51(76)44(63)20-38)60(88)67-46(27-56(81)82)53(78)23-39(18-36(2)3)59(87)68-47)69-61(89)41(22-42-28-64-35-65-42)24-52(77)45(21-37-8-6-5-7-9-37)66-55(80)30-70-12-14-71(31-57(83)84)16-17-72(15-13-70)32-58(85)86;1-6-28(4)38(45-39(55)29(5)18-33-22-41-26-44-33)34(49)19-32(17-27(2)3)40(56)43-21-31-9-7-30(8-10-31)20-42-35(50)23-46-11-13-47(24-36(51)52)15-16-48(14-12-46)25-37(53)54;;/h5-11,20,28,35-36,39-41,43,45-49,74,76H,4,12-19,21-27,29-34H2,1-3H3,(H,64,65)(H,66,80)(H,67,88)(H,68,87)(H,69,89)(H,81,82)(H,83,84)(H,85,86);7-10,22,26-29,32,38H,6,11-21,23-25H2,1-5H3,(H,41,44)(H,42,50)(H,43,56)(H,45,55)(H,51,52)(H,53,54);;/t39-,40-,41-,43-,45+,46+,47+,48+,49+;28?,29-,32+,38-;;/m10../s1/i;;2*1+0. The predicted molar refractivity (Wildman–Crippen MR) is 549 cm³/mol. The van der Waals surface area contributed by atoms with Crippen LogP contribution in [0, 0.1) is 47.3 Å². The third-order valence-corrected chi connectivity index (χ3v) is 29.2. The quantitative estimate of drug-likeness (QED) is 0.0196. The molecule has 13 atom stereocenters. The van der Waals surface area contributed by atoms with E-state index in [1.54, 1.807) is 88.1 Å². The van der Waals surface area contributed by atoms with Crippen LogP contribution in [0.5, 0.6) is 5.75 Å². The molecule has 150 heavy (non-hydrogen) atoms. The van der Waals surface area contributed by atoms with E-state index in [4.69, 9.17) is 11.6 Å². The molecule has 0 saturated carbocycles. The monoisotopic (exact) mass is 2250 g/mol. The number of carboxylic acid groups (broad SMARTS) is 5. The number of halogens is 1. The molecule has 2 radical (unpaired) electrons. The number of carbonyl (C=O) groups excluding carboxylic acids is 13. The number of carboxylic acids is 5. The largest absolute Gasteiger partial charge is 0.506 e. The maximum Gasteiger partial charge on any atom is 0.317 e. The van der Waals surface area contributed by atoms with Gasteiger partial charge < -0.3 is 87.8 Å². The van der Waals surface area contributed by atoms with Gasteiger partial charge in [-0.3, -0.25) is 116 Å². The zero-order valence-electron chi connectivity index (χ0n) is 85.9. The molecule has 3 aromatic carbocycles. The Morgan fingerprint density at radius 3 is 1.51 bits per heavy atom. The molecule has 2 aromatic heterocycles. The van der Waals surface area contributed by atoms with E-state index in [9.17, 15) is 112 Å². The second-order valence-electron chi connectivity index (χ2n) is 39.5. The number of aliphatic carboxylic acids is 5. The molecule has 0 bridgehead atoms. The number of benzene rings is 3. The maximum absolute atomic E-state index is 15.3. The van der Waals surface area contributed by atoms with E-state index >= 15 is 9.59 Å². The number of H-pyrrole nitrogens is 2. The van der Waals surface area contributed by atoms with Gasteiger partial charge >= 0.3 is 29.8 Å². The molecule has 4 aliphatic heterocycles. The minimum atomic E-state index is -1.70. The fourth-order valence-electron chi connectivity index (χ4n) is 18.2. The SMILES string of the molecule is CCC(=O)[C@@H]1CSSC[C@H](NC(=O)[C@@H](CC(=O)[C@H](Cc2ccccc2)NC(=O)CN2CCN(CC(=O)O)CCN(CC(=O)O)CC2)Cc2cnc[nH]2)C(=O)N2C[C@H](O)C[C@H]2C(=O)C[C@@H](Cc2ccc(O)c(Cl)c2)C(=O)N[C@@H](CC(=O)O)C(=O)C[C@@H](CC(C)C)C(=O)N1.CCC(C)[C@H](NC(=O)[C@@H](C)Cc1cnc[nH]1)C(=O)C[C@@H](CC(C)C)C(=O)NCc1ccc(CNC(=O)CN2CCN(CC(=O)O)CCN(CC(=O)O)CC2)cc1.[64Cu].[64Cu]. The van der Waals surface area contributed by atoms with Crippen LogP contribution in [0.25, 0.3) is 0 Å². The molecule has 5 aromatic rings. The van der Waals surface area contributed by atoms with Crippen molar-refractivity contribution >= 4 is 139 Å². The summed E-state index contributed by atoms with van der Waals surface area (Å²) in [5.41, 5.74) is 3.97. The van der Waals surface area contributed by atoms with Gasteiger partial charge in [-0.1, -0.05) is 156 Å². The Hall–Kier alpha value is -10.9. The number of nitrogens with zero attached hydrogens (tertiary/aromatic N) is 9. The smallest absolute Gasteiger partial charge is 0.317 e. The third-order valence-electron chi connectivity index (χ3n) is 26.5. The number of fused-ring (bicyclic) bond motifs is 1. The average molecular weight is 2250 g/mol. The number of ketones is 5. The fraction of sp³-hybridized carbons (Fsp3) is 0.588. The summed E-state index contributed by atoms with van der Waals surface area (Å²) in [6.07, 6.45) is 3.25. The first kappa shape index (κ1) is 128. The van der Waals surface area contributed by atoms with Gasteiger partial charge in [0, 0.05) is 243 Å². The van der Waals surface area contributed by atoms with Crippen molar-refractivity contribution in [3.05, 3.63) is 137 Å². The number of hydrogen-bond acceptors (Lipinski definition) is 30. The van der Waals surface area contributed by atoms with Crippen molar-refractivity contribution in [2.45, 2.75) is 201 Å². The summed E-state index contributed by atoms with van der Waals surface area (Å²) in [6, 6.07) is 12.6. The number of aromatic nitrogens is 4. The summed E-state index contributed by atoms with van der Waals surface area (Å²) in [7, 11) is 2.10. The van der Waals surface area contributed by atoms with E-state index in [0.29, 0.717) is 75.4 Å². The van der Waals surface area contributed by atoms with Crippen molar-refractivity contribution in [1.29, 1.82) is 0 Å². The van der Waals surface area contributed by atoms with Gasteiger partial charge in [0.2, 0.25) is 47.3 Å². The van der Waals surface area contributed by atoms with Gasteiger partial charge in [0.25, 0.3) is 0 Å². The third kappa shape index (κ3) is 45.2. The van der Waals surface area contributed by atoms with Gasteiger partial charge in [-0.25, -0.2) is 9.97 Å². The number of aromatic hydroxyl groups is 1. The van der Waals surface area contributed by atoms with Crippen LogP contribution in [0.4, 0.5) is 0 Å². The molecule has 0 aliphatic carbocycles. The second-order valence-corrected chi connectivity index (χ2v) is 42.4. The number of hydrogen-bond donors (Lipinski definition) is 16. The van der Waals surface area contributed by atoms with Crippen LogP contribution in [-0.4, -0.2) is 374 Å². The molecule has 43 nitrogen and oxygen atoms in total. The van der Waals surface area contributed by atoms with Crippen LogP contribution < -0.4 is 37.2 Å². The minimum Gasteiger partial charge on any atom is -0.506 e. The molecule has 6 heterocycles. The first-order valence-electron chi connectivity index (χ1n) is 50.3. The van der Waals surface area contributed by atoms with Crippen molar-refractivity contribution in [3.63, 3.8) is 0 Å². The molecular formula is C102H145ClCu2N18O25S2. The van der Waals surface area contributed by atoms with E-state index in [1.165, 1.54) is 30.7 Å². The number of imidazole rings is 2. The molecule has 8 amide bonds. The van der Waals surface area contributed by atoms with Crippen LogP contribution in [0.2, 0.25) is 5.02 Å². The van der Waals surface area contributed by atoms with Crippen LogP contribution in [0.1, 0.15) is 153 Å². The Balaban J connectivity index is 0.000000507. The first-order chi connectivity index (χ1) is 70.4. The Bertz CT molecular complexity index is 5220. The summed E-state index contributed by atoms with van der Waals surface area (Å²) in [6.45, 7) is 18.1. The molecule has 48 heteroatoms. The summed E-state index contributed by atoms with van der Waals surface area (Å²) >= 11 is 6.26. The number of phenolic OH excluding ortho intramolecular Hbond substituents is 1. The van der Waals surface area contributed by atoms with Crippen LogP contribution in [0.15, 0.2) is 97.8 Å². The molecule has 4 aliphatic rings. The second kappa shape index (κ2) is 65.5. The van der Waals surface area contributed by atoms with Gasteiger partial charge in [-0.05, 0) is 77.8 Å². The topological polar surface area (TPSA) is 613 Å². The summed E-state index contributed by atoms with van der Waals surface area (Å²) in [5.74, 6) is -18.1. The van der Waals surface area contributed by atoms with Gasteiger partial charge in [-0.15, -0.1) is 0 Å². The number of amides is 8. The number of phenols is 1. The number of rotatable bonds is 46. The van der Waals surface area contributed by atoms with Crippen LogP contribution in [0.3, 0.4) is 0 Å². The molecule has 0 spiro atoms. The van der Waals surface area contributed by atoms with Gasteiger partial charge in [0.1, 0.15) is 11.8 Å². The number of aromatic amines is 2. The van der Waals surface area contributed by atoms with Crippen molar-refractivity contribution in [1.82, 2.24) is 91.5 Å². The fourth-order valence-corrected chi connectivity index (χ4v) is 20.7. The van der Waals surface area contributed by atoms with Crippen LogP contribution >= 0.6 is 33.2 Å². The number of aliphatic hydroxyl groups is 1. The van der Waals surface area contributed by atoms with E-state index < -0.39 is 175 Å². The van der Waals surface area contributed by atoms with Crippen molar-refractivity contribution < 1.29 is 156 Å². The van der Waals surface area contributed by atoms with Gasteiger partial charge in [0.15, 0.2) is 28.9 Å². The van der Waals surface area contributed by atoms with Crippen molar-refractivity contribution in [2.24, 2.45) is 47.3 Å². The zero-order valence-corrected chi connectivity index (χ0v) is 90.1. The summed E-state index contributed by atoms with van der Waals surface area (Å²) < 4.78 is 0. The van der Waals surface area contributed by atoms with Gasteiger partial charge in [0.05, 0.1) is 106 Å². The maximum atomic E-state index is 15.3. The molecule has 9 rings (SSSR count). The molecule has 834 valence electrons. The number of carbonyl (C=O) groups is 18. The summed E-state index contributed by atoms with van der Waals surface area (Å²) in [5, 5.41) is 89.0. The Morgan fingerprint density at radius 2 is 1.01 bits per heavy atom. The first-order valence-corrected chi connectivity index (χ1v) is 53.1. The molecule has 4 saturated heterocycles. The Labute approximate surface area is 907 Å². The van der Waals surface area contributed by atoms with Crippen molar-refractivity contribution in [2.75, 3.05) is 136 Å². The van der Waals surface area contributed by atoms with Gasteiger partial charge in [-0.2, -0.15) is 0 Å². The predicted octanol–water partition coefficient (Wildman–Crippen LogP) is 3.16.